The zero-order chi connectivity index (χ0) is 17.7. The second-order valence-electron chi connectivity index (χ2n) is 5.32. The minimum Gasteiger partial charge on any atom is -0.350 e. The number of rotatable bonds is 1. The van der Waals surface area contributed by atoms with Crippen molar-refractivity contribution >= 4 is 10.9 Å². The van der Waals surface area contributed by atoms with Gasteiger partial charge in [-0.2, -0.15) is 26.3 Å². The Hall–Kier alpha value is -1.87. The van der Waals surface area contributed by atoms with Gasteiger partial charge in [-0.1, -0.05) is 12.1 Å². The van der Waals surface area contributed by atoms with Crippen LogP contribution in [0, 0.1) is 0 Å². The summed E-state index contributed by atoms with van der Waals surface area (Å²) in [5, 5.41) is -0.0412. The molecule has 130 valence electrons. The van der Waals surface area contributed by atoms with Gasteiger partial charge in [0.2, 0.25) is 0 Å². The van der Waals surface area contributed by atoms with Gasteiger partial charge in [0.15, 0.2) is 6.29 Å². The molecule has 0 aliphatic carbocycles. The number of aromatic nitrogens is 1. The number of hydrogen-bond acceptors (Lipinski definition) is 3. The Morgan fingerprint density at radius 3 is 2.33 bits per heavy atom. The van der Waals surface area contributed by atoms with Crippen molar-refractivity contribution in [3.63, 3.8) is 0 Å². The number of hydrogen-bond donors (Lipinski definition) is 0. The van der Waals surface area contributed by atoms with Gasteiger partial charge in [-0.25, -0.2) is 4.98 Å². The number of fused-ring (bicyclic) bond motifs is 1. The largest absolute Gasteiger partial charge is 0.433 e. The number of halogens is 6. The van der Waals surface area contributed by atoms with E-state index < -0.39 is 41.5 Å². The number of alkyl halides is 6. The molecule has 2 aromatic rings. The van der Waals surface area contributed by atoms with Crippen molar-refractivity contribution in [2.45, 2.75) is 31.7 Å². The van der Waals surface area contributed by atoms with Crippen molar-refractivity contribution in [3.8, 4) is 0 Å². The Morgan fingerprint density at radius 1 is 1.08 bits per heavy atom. The molecule has 0 spiro atoms. The third-order valence-electron chi connectivity index (χ3n) is 3.65. The summed E-state index contributed by atoms with van der Waals surface area (Å²) in [5.74, 6) is 0. The van der Waals surface area contributed by atoms with Crippen LogP contribution in [0.2, 0.25) is 0 Å². The first-order chi connectivity index (χ1) is 11.1. The van der Waals surface area contributed by atoms with Crippen LogP contribution in [-0.4, -0.2) is 17.9 Å². The number of benzene rings is 1. The lowest BCUT2D eigenvalue weighted by Crippen LogP contribution is -2.14. The van der Waals surface area contributed by atoms with E-state index in [1.54, 1.807) is 6.92 Å². The van der Waals surface area contributed by atoms with E-state index in [4.69, 9.17) is 9.47 Å². The maximum absolute atomic E-state index is 13.1. The van der Waals surface area contributed by atoms with E-state index in [1.807, 2.05) is 0 Å². The molecule has 2 unspecified atom stereocenters. The monoisotopic (exact) mass is 351 g/mol. The van der Waals surface area contributed by atoms with Crippen molar-refractivity contribution in [2.24, 2.45) is 0 Å². The van der Waals surface area contributed by atoms with Crippen molar-refractivity contribution in [2.75, 3.05) is 6.61 Å². The van der Waals surface area contributed by atoms with Gasteiger partial charge in [0.05, 0.1) is 17.7 Å². The van der Waals surface area contributed by atoms with Crippen LogP contribution in [0.15, 0.2) is 24.3 Å². The van der Waals surface area contributed by atoms with Crippen LogP contribution < -0.4 is 0 Å². The summed E-state index contributed by atoms with van der Waals surface area (Å²) in [5.41, 5.74) is -3.40. The van der Waals surface area contributed by atoms with E-state index >= 15 is 0 Å². The fourth-order valence-electron chi connectivity index (χ4n) is 2.61. The number of para-hydroxylation sites is 1. The van der Waals surface area contributed by atoms with Gasteiger partial charge < -0.3 is 9.47 Å². The first-order valence-corrected chi connectivity index (χ1v) is 6.92. The molecule has 0 amide bonds. The molecule has 0 radical (unpaired) electrons. The molecule has 0 bridgehead atoms. The predicted octanol–water partition coefficient (Wildman–Crippen LogP) is 4.71. The van der Waals surface area contributed by atoms with Gasteiger partial charge in [-0.05, 0) is 24.6 Å². The third-order valence-corrected chi connectivity index (χ3v) is 3.65. The first kappa shape index (κ1) is 17.0. The fourth-order valence-corrected chi connectivity index (χ4v) is 2.61. The molecule has 0 saturated carbocycles. The average molecular weight is 351 g/mol. The van der Waals surface area contributed by atoms with Gasteiger partial charge in [-0.3, -0.25) is 0 Å². The minimum atomic E-state index is -4.88. The number of ether oxygens (including phenoxy) is 2. The Kier molecular flexibility index (Phi) is 3.95. The van der Waals surface area contributed by atoms with Gasteiger partial charge in [0.1, 0.15) is 11.8 Å². The second kappa shape index (κ2) is 5.59. The SMILES string of the molecule is CC1OCC(c2cc(C(F)(F)F)nc3c(C(F)(F)F)cccc23)O1. The van der Waals surface area contributed by atoms with Crippen LogP contribution in [0.25, 0.3) is 10.9 Å². The molecule has 9 heteroatoms. The lowest BCUT2D eigenvalue weighted by molar-refractivity contribution is -0.142. The van der Waals surface area contributed by atoms with E-state index in [0.717, 1.165) is 6.07 Å². The van der Waals surface area contributed by atoms with E-state index in [1.165, 1.54) is 6.07 Å². The Labute approximate surface area is 132 Å². The highest BCUT2D eigenvalue weighted by Crippen LogP contribution is 2.40. The quantitative estimate of drug-likeness (QED) is 0.698. The molecular formula is C15H11F6NO2. The van der Waals surface area contributed by atoms with Crippen LogP contribution in [-0.2, 0) is 21.8 Å². The predicted molar refractivity (Wildman–Crippen MR) is 71.0 cm³/mol. The van der Waals surface area contributed by atoms with Gasteiger partial charge in [0.25, 0.3) is 0 Å². The molecule has 2 atom stereocenters. The Morgan fingerprint density at radius 2 is 1.79 bits per heavy atom. The lowest BCUT2D eigenvalue weighted by atomic mass is 10.00. The van der Waals surface area contributed by atoms with Crippen molar-refractivity contribution in [3.05, 3.63) is 41.1 Å². The van der Waals surface area contributed by atoms with Crippen molar-refractivity contribution in [1.82, 2.24) is 4.98 Å². The third kappa shape index (κ3) is 3.05. The smallest absolute Gasteiger partial charge is 0.350 e. The zero-order valence-electron chi connectivity index (χ0n) is 12.2. The first-order valence-electron chi connectivity index (χ1n) is 6.92. The molecule has 1 aliphatic rings. The van der Waals surface area contributed by atoms with Crippen LogP contribution in [0.4, 0.5) is 26.3 Å². The summed E-state index contributed by atoms with van der Waals surface area (Å²) in [6, 6.07) is 3.84. The Bertz CT molecular complexity index is 771. The highest BCUT2D eigenvalue weighted by molar-refractivity contribution is 5.86. The average Bonchev–Trinajstić information content (AvgIpc) is 2.90. The van der Waals surface area contributed by atoms with Crippen LogP contribution in [0.1, 0.15) is 29.8 Å². The minimum absolute atomic E-state index is 0.0252. The van der Waals surface area contributed by atoms with Gasteiger partial charge >= 0.3 is 12.4 Å². The summed E-state index contributed by atoms with van der Waals surface area (Å²) in [6.45, 7) is 1.50. The van der Waals surface area contributed by atoms with E-state index in [9.17, 15) is 26.3 Å². The van der Waals surface area contributed by atoms with Crippen molar-refractivity contribution in [1.29, 1.82) is 0 Å². The Balaban J connectivity index is 2.30. The summed E-state index contributed by atoms with van der Waals surface area (Å²) >= 11 is 0. The van der Waals surface area contributed by atoms with E-state index in [-0.39, 0.29) is 17.6 Å². The zero-order valence-corrected chi connectivity index (χ0v) is 12.2. The molecule has 1 aromatic carbocycles. The molecule has 3 rings (SSSR count). The second-order valence-corrected chi connectivity index (χ2v) is 5.32. The standard InChI is InChI=1S/C15H11F6NO2/c1-7-23-6-11(24-7)9-5-12(15(19,20)21)22-13-8(9)3-2-4-10(13)14(16,17)18/h2-5,7,11H,6H2,1H3. The van der Waals surface area contributed by atoms with E-state index in [0.29, 0.717) is 12.1 Å². The molecular weight excluding hydrogens is 340 g/mol. The molecule has 1 saturated heterocycles. The topological polar surface area (TPSA) is 31.4 Å². The van der Waals surface area contributed by atoms with Crippen LogP contribution in [0.5, 0.6) is 0 Å². The number of nitrogens with zero attached hydrogens (tertiary/aromatic N) is 1. The van der Waals surface area contributed by atoms with Gasteiger partial charge in [0, 0.05) is 5.39 Å². The molecule has 0 N–H and O–H groups in total. The highest BCUT2D eigenvalue weighted by atomic mass is 19.4. The summed E-state index contributed by atoms with van der Waals surface area (Å²) < 4.78 is 89.1. The molecule has 1 aromatic heterocycles. The normalized spacial score (nSPS) is 22.3. The van der Waals surface area contributed by atoms with Crippen molar-refractivity contribution < 1.29 is 35.8 Å². The summed E-state index contributed by atoms with van der Waals surface area (Å²) in [4.78, 5) is 3.22. The van der Waals surface area contributed by atoms with Crippen LogP contribution >= 0.6 is 0 Å². The number of pyridine rings is 1. The molecule has 2 heterocycles. The molecule has 1 aliphatic heterocycles. The van der Waals surface area contributed by atoms with Crippen LogP contribution in [0.3, 0.4) is 0 Å². The molecule has 24 heavy (non-hydrogen) atoms. The summed E-state index contributed by atoms with van der Waals surface area (Å²) in [7, 11) is 0. The lowest BCUT2D eigenvalue weighted by Gasteiger charge is -2.18. The summed E-state index contributed by atoms with van der Waals surface area (Å²) in [6.07, 6.45) is -11.3. The molecule has 3 nitrogen and oxygen atoms in total. The van der Waals surface area contributed by atoms with Gasteiger partial charge in [-0.15, -0.1) is 0 Å². The van der Waals surface area contributed by atoms with E-state index in [2.05, 4.69) is 4.98 Å². The highest BCUT2D eigenvalue weighted by Gasteiger charge is 2.38. The maximum Gasteiger partial charge on any atom is 0.433 e. The fraction of sp³-hybridized carbons (Fsp3) is 0.400. The maximum atomic E-state index is 13.1. The molecule has 1 fully saturated rings.